The van der Waals surface area contributed by atoms with E-state index in [0.29, 0.717) is 5.56 Å². The highest BCUT2D eigenvalue weighted by Crippen LogP contribution is 2.45. The largest absolute Gasteiger partial charge is 0.465 e. The Balaban J connectivity index is 1.24. The van der Waals surface area contributed by atoms with E-state index < -0.39 is 50.4 Å². The number of carbonyl (C=O) groups excluding carboxylic acids is 1. The van der Waals surface area contributed by atoms with Crippen molar-refractivity contribution < 1.29 is 32.9 Å². The van der Waals surface area contributed by atoms with E-state index >= 15 is 4.39 Å². The number of carbonyl (C=O) groups is 1. The number of rotatable bonds is 25. The van der Waals surface area contributed by atoms with Crippen LogP contribution in [0.15, 0.2) is 43.0 Å². The number of unbranched alkanes of at least 4 members (excludes halogenated alkanes) is 11. The average molecular weight is 776 g/mol. The highest BCUT2D eigenvalue weighted by molar-refractivity contribution is 7.54. The zero-order valence-electron chi connectivity index (χ0n) is 31.9. The number of hydrogen-bond acceptors (Lipinski definition) is 12. The predicted molar refractivity (Wildman–Crippen MR) is 207 cm³/mol. The van der Waals surface area contributed by atoms with Crippen LogP contribution in [0.4, 0.5) is 16.2 Å². The number of aliphatic hydroxyl groups excluding tert-OH is 1. The van der Waals surface area contributed by atoms with E-state index in [2.05, 4.69) is 49.2 Å². The number of nitrogens with two attached hydrogens (primary N) is 2. The maximum atomic E-state index is 16.1. The molecule has 6 atom stereocenters. The summed E-state index contributed by atoms with van der Waals surface area (Å²) in [5, 5.41) is 16.6. The normalized spacial score (nSPS) is 21.8. The smallest absolute Gasteiger partial charge is 0.341 e. The molecule has 300 valence electrons. The molecule has 1 fully saturated rings. The minimum Gasteiger partial charge on any atom is -0.465 e. The number of allylic oxidation sites excluding steroid dienone is 2. The van der Waals surface area contributed by atoms with Crippen LogP contribution in [0.25, 0.3) is 11.2 Å². The van der Waals surface area contributed by atoms with Gasteiger partial charge in [-0.3, -0.25) is 18.9 Å². The van der Waals surface area contributed by atoms with E-state index in [1.54, 1.807) is 24.5 Å². The van der Waals surface area contributed by atoms with Gasteiger partial charge in [0.1, 0.15) is 23.8 Å². The third kappa shape index (κ3) is 12.8. The molecule has 4 rings (SSSR count). The van der Waals surface area contributed by atoms with Crippen molar-refractivity contribution in [3.63, 3.8) is 0 Å². The lowest BCUT2D eigenvalue weighted by atomic mass is 9.98. The monoisotopic (exact) mass is 775 g/mol. The number of aromatic nitrogens is 5. The molecular formula is C37H59FN9O6P. The van der Waals surface area contributed by atoms with Crippen molar-refractivity contribution >= 4 is 36.6 Å². The number of imidazole rings is 1. The molecule has 1 aliphatic heterocycles. The molecular weight excluding hydrogens is 716 g/mol. The molecule has 15 nitrogen and oxygen atoms in total. The number of hydrogen-bond donors (Lipinski definition) is 5. The first-order valence-corrected chi connectivity index (χ1v) is 20.8. The molecule has 0 aromatic carbocycles. The molecule has 1 unspecified atom stereocenters. The van der Waals surface area contributed by atoms with E-state index in [-0.39, 0.29) is 36.1 Å². The van der Waals surface area contributed by atoms with Gasteiger partial charge in [0.05, 0.1) is 19.5 Å². The Morgan fingerprint density at radius 2 is 1.80 bits per heavy atom. The van der Waals surface area contributed by atoms with Gasteiger partial charge < -0.3 is 30.6 Å². The predicted octanol–water partition coefficient (Wildman–Crippen LogP) is 6.46. The maximum Gasteiger partial charge on any atom is 0.341 e. The van der Waals surface area contributed by atoms with Gasteiger partial charge in [-0.2, -0.15) is 9.97 Å². The molecule has 7 N–H and O–H groups in total. The van der Waals surface area contributed by atoms with Gasteiger partial charge in [0.2, 0.25) is 5.95 Å². The van der Waals surface area contributed by atoms with Crippen LogP contribution in [-0.4, -0.2) is 72.7 Å². The third-order valence-corrected chi connectivity index (χ3v) is 11.3. The van der Waals surface area contributed by atoms with E-state index in [9.17, 15) is 14.5 Å². The van der Waals surface area contributed by atoms with Gasteiger partial charge in [0, 0.05) is 18.9 Å². The van der Waals surface area contributed by atoms with Crippen LogP contribution in [0.3, 0.4) is 0 Å². The summed E-state index contributed by atoms with van der Waals surface area (Å²) in [5.41, 5.74) is 10.3. The van der Waals surface area contributed by atoms with Crippen LogP contribution in [0.5, 0.6) is 0 Å². The molecule has 0 spiro atoms. The summed E-state index contributed by atoms with van der Waals surface area (Å²) in [4.78, 5) is 29.1. The second-order valence-corrected chi connectivity index (χ2v) is 16.0. The van der Waals surface area contributed by atoms with Crippen molar-refractivity contribution in [1.82, 2.24) is 34.7 Å². The zero-order valence-corrected chi connectivity index (χ0v) is 32.8. The van der Waals surface area contributed by atoms with Crippen molar-refractivity contribution in [2.75, 3.05) is 24.7 Å². The van der Waals surface area contributed by atoms with Crippen LogP contribution >= 0.6 is 7.67 Å². The van der Waals surface area contributed by atoms with Crippen molar-refractivity contribution in [3.05, 3.63) is 48.6 Å². The lowest BCUT2D eigenvalue weighted by molar-refractivity contribution is -0.145. The SMILES string of the molecule is CCCCCCCC/C=C/CCCCCCCOC(=O)[C@H](C)NP(=O)(NCc1cccnc1)OC[C@H]1O[C@@H](n2cnc3c(N)nc(N)nc32)[C@@](C)(F)[C@H]1O. The summed E-state index contributed by atoms with van der Waals surface area (Å²) < 4.78 is 48.7. The van der Waals surface area contributed by atoms with Crippen LogP contribution < -0.4 is 21.6 Å². The molecule has 1 saturated heterocycles. The first kappa shape index (κ1) is 43.2. The zero-order chi connectivity index (χ0) is 39.0. The number of halogens is 1. The highest BCUT2D eigenvalue weighted by Gasteiger charge is 2.56. The highest BCUT2D eigenvalue weighted by atomic mass is 31.2. The number of anilines is 2. The molecule has 0 saturated carbocycles. The van der Waals surface area contributed by atoms with Crippen LogP contribution in [0, 0.1) is 0 Å². The number of aliphatic hydroxyl groups is 1. The lowest BCUT2D eigenvalue weighted by Crippen LogP contribution is -2.42. The third-order valence-electron chi connectivity index (χ3n) is 9.44. The summed E-state index contributed by atoms with van der Waals surface area (Å²) in [7, 11) is -4.04. The summed E-state index contributed by atoms with van der Waals surface area (Å²) in [5.74, 6) is -0.742. The summed E-state index contributed by atoms with van der Waals surface area (Å²) in [6.45, 7) is 4.71. The Bertz CT molecular complexity index is 1660. The van der Waals surface area contributed by atoms with E-state index in [1.165, 1.54) is 62.8 Å². The number of nitrogens with one attached hydrogen (secondary N) is 2. The number of nitrogens with zero attached hydrogens (tertiary/aromatic N) is 5. The maximum absolute atomic E-state index is 16.1. The molecule has 54 heavy (non-hydrogen) atoms. The van der Waals surface area contributed by atoms with Gasteiger partial charge in [-0.05, 0) is 57.6 Å². The van der Waals surface area contributed by atoms with E-state index in [1.807, 2.05) is 0 Å². The molecule has 0 bridgehead atoms. The molecule has 0 radical (unpaired) electrons. The van der Waals surface area contributed by atoms with Crippen LogP contribution in [-0.2, 0) is 29.9 Å². The van der Waals surface area contributed by atoms with Crippen molar-refractivity contribution in [2.45, 2.75) is 141 Å². The quantitative estimate of drug-likeness (QED) is 0.0271. The van der Waals surface area contributed by atoms with Crippen LogP contribution in [0.2, 0.25) is 0 Å². The molecule has 3 aromatic heterocycles. The second-order valence-electron chi connectivity index (χ2n) is 14.1. The minimum atomic E-state index is -4.04. The number of alkyl halides is 1. The molecule has 17 heteroatoms. The first-order chi connectivity index (χ1) is 25.9. The van der Waals surface area contributed by atoms with Gasteiger partial charge in [-0.1, -0.05) is 76.5 Å². The summed E-state index contributed by atoms with van der Waals surface area (Å²) in [6.07, 6.45) is 19.8. The van der Waals surface area contributed by atoms with Gasteiger partial charge in [0.15, 0.2) is 23.4 Å². The fourth-order valence-electron chi connectivity index (χ4n) is 6.26. The summed E-state index contributed by atoms with van der Waals surface area (Å²) >= 11 is 0. The van der Waals surface area contributed by atoms with E-state index in [4.69, 9.17) is 25.5 Å². The van der Waals surface area contributed by atoms with Crippen LogP contribution in [0.1, 0.15) is 116 Å². The lowest BCUT2D eigenvalue weighted by Gasteiger charge is -2.26. The Labute approximate surface area is 317 Å². The number of pyridine rings is 1. The van der Waals surface area contributed by atoms with Gasteiger partial charge >= 0.3 is 13.6 Å². The van der Waals surface area contributed by atoms with Gasteiger partial charge in [0.25, 0.3) is 0 Å². The molecule has 1 aliphatic rings. The molecule has 4 heterocycles. The van der Waals surface area contributed by atoms with E-state index in [0.717, 1.165) is 45.4 Å². The fraction of sp³-hybridized carbons (Fsp3) is 0.649. The summed E-state index contributed by atoms with van der Waals surface area (Å²) in [6, 6.07) is 2.47. The fourth-order valence-corrected chi connectivity index (χ4v) is 7.88. The van der Waals surface area contributed by atoms with Gasteiger partial charge in [-0.25, -0.2) is 19.5 Å². The first-order valence-electron chi connectivity index (χ1n) is 19.2. The van der Waals surface area contributed by atoms with Crippen molar-refractivity contribution in [2.24, 2.45) is 0 Å². The number of nitrogen functional groups attached to an aromatic ring is 2. The average Bonchev–Trinajstić information content (AvgIpc) is 3.66. The molecule has 0 amide bonds. The topological polar surface area (TPSA) is 215 Å². The Hall–Kier alpha value is -3.53. The van der Waals surface area contributed by atoms with Gasteiger partial charge in [-0.15, -0.1) is 0 Å². The number of esters is 1. The Morgan fingerprint density at radius 3 is 2.48 bits per heavy atom. The Kier molecular flexibility index (Phi) is 17.2. The number of fused-ring (bicyclic) bond motifs is 1. The van der Waals surface area contributed by atoms with Crippen molar-refractivity contribution in [1.29, 1.82) is 0 Å². The van der Waals surface area contributed by atoms with Crippen molar-refractivity contribution in [3.8, 4) is 0 Å². The Morgan fingerprint density at radius 1 is 1.11 bits per heavy atom. The molecule has 3 aromatic rings. The molecule has 0 aliphatic carbocycles. The minimum absolute atomic E-state index is 0.00210. The standard InChI is InChI=1S/C37H59FN9O6P/c1-4-5-6-7-8-9-10-11-12-13-14-15-16-17-18-22-51-34(49)27(2)46-54(50,43-24-28-20-19-21-41-23-28)52-25-29-31(48)37(3,38)35(53-29)47-26-42-30-32(39)44-36(40)45-33(30)47/h11-12,19-21,23,26-27,29,31,35,48H,4-10,13-18,22,24-25H2,1-3H3,(H2,43,46,50)(H4,39,40,44,45)/b12-11+/t27-,29+,31-,35+,37-,54?/m0/s1. The number of ether oxygens (including phenoxy) is 2. The second kappa shape index (κ2) is 21.5.